The van der Waals surface area contributed by atoms with E-state index in [9.17, 15) is 4.79 Å². The highest BCUT2D eigenvalue weighted by Gasteiger charge is 2.40. The van der Waals surface area contributed by atoms with Crippen LogP contribution >= 0.6 is 0 Å². The van der Waals surface area contributed by atoms with Crippen LogP contribution in [0.3, 0.4) is 0 Å². The second-order valence-electron chi connectivity index (χ2n) is 4.54. The van der Waals surface area contributed by atoms with Crippen molar-refractivity contribution in [2.75, 3.05) is 0 Å². The first-order valence-corrected chi connectivity index (χ1v) is 5.72. The number of aryl methyl sites for hydroxylation is 1. The molecule has 0 unspecified atom stereocenters. The summed E-state index contributed by atoms with van der Waals surface area (Å²) in [6, 6.07) is 1.83. The third-order valence-electron chi connectivity index (χ3n) is 3.67. The smallest absolute Gasteiger partial charge is 0.189 e. The lowest BCUT2D eigenvalue weighted by atomic mass is 9.78. The molecule has 1 heterocycles. The molecule has 0 amide bonds. The van der Waals surface area contributed by atoms with Gasteiger partial charge in [-0.05, 0) is 25.3 Å². The van der Waals surface area contributed by atoms with Gasteiger partial charge in [-0.2, -0.15) is 5.10 Å². The highest BCUT2D eigenvalue weighted by atomic mass is 16.1. The van der Waals surface area contributed by atoms with Gasteiger partial charge < -0.3 is 0 Å². The van der Waals surface area contributed by atoms with Gasteiger partial charge >= 0.3 is 0 Å². The van der Waals surface area contributed by atoms with E-state index >= 15 is 0 Å². The van der Waals surface area contributed by atoms with E-state index in [1.165, 1.54) is 12.8 Å². The summed E-state index contributed by atoms with van der Waals surface area (Å²) in [6.45, 7) is 2.12. The summed E-state index contributed by atoms with van der Waals surface area (Å²) in [7, 11) is 1.85. The van der Waals surface area contributed by atoms with Crippen LogP contribution in [0, 0.1) is 5.41 Å². The zero-order valence-electron chi connectivity index (χ0n) is 9.49. The molecule has 0 N–H and O–H groups in total. The maximum Gasteiger partial charge on any atom is 0.189 e. The molecule has 0 saturated heterocycles. The van der Waals surface area contributed by atoms with Crippen molar-refractivity contribution in [1.82, 2.24) is 9.78 Å². The van der Waals surface area contributed by atoms with Gasteiger partial charge in [0.05, 0.1) is 0 Å². The van der Waals surface area contributed by atoms with E-state index < -0.39 is 0 Å². The Balaban J connectivity index is 2.26. The van der Waals surface area contributed by atoms with Crippen molar-refractivity contribution in [3.8, 4) is 0 Å². The molecule has 0 aliphatic heterocycles. The predicted octanol–water partition coefficient (Wildman–Crippen LogP) is 2.57. The summed E-state index contributed by atoms with van der Waals surface area (Å²) < 4.78 is 1.70. The largest absolute Gasteiger partial charge is 0.292 e. The third kappa shape index (κ3) is 1.71. The van der Waals surface area contributed by atoms with Crippen molar-refractivity contribution in [3.63, 3.8) is 0 Å². The van der Waals surface area contributed by atoms with Crippen LogP contribution in [-0.4, -0.2) is 15.6 Å². The molecule has 0 bridgehead atoms. The van der Waals surface area contributed by atoms with Gasteiger partial charge in [0.2, 0.25) is 0 Å². The zero-order valence-corrected chi connectivity index (χ0v) is 9.49. The quantitative estimate of drug-likeness (QED) is 0.712. The van der Waals surface area contributed by atoms with Crippen LogP contribution in [0.1, 0.15) is 49.5 Å². The number of Topliss-reactive ketones (excluding diaryl/α,β-unsaturated/α-hetero) is 1. The van der Waals surface area contributed by atoms with Gasteiger partial charge in [0.25, 0.3) is 0 Å². The van der Waals surface area contributed by atoms with Crippen LogP contribution in [0.25, 0.3) is 0 Å². The van der Waals surface area contributed by atoms with E-state index in [2.05, 4.69) is 12.0 Å². The molecule has 1 saturated carbocycles. The SMILES string of the molecule is CCC1(C(=O)c2ccn(C)n2)CCCC1. The molecule has 1 fully saturated rings. The van der Waals surface area contributed by atoms with Gasteiger partial charge in [-0.25, -0.2) is 0 Å². The Bertz CT molecular complexity index is 361. The molecule has 1 aromatic rings. The highest BCUT2D eigenvalue weighted by Crippen LogP contribution is 2.43. The fourth-order valence-electron chi connectivity index (χ4n) is 2.60. The van der Waals surface area contributed by atoms with Gasteiger partial charge in [-0.15, -0.1) is 0 Å². The van der Waals surface area contributed by atoms with E-state index in [1.807, 2.05) is 19.3 Å². The number of hydrogen-bond donors (Lipinski definition) is 0. The fraction of sp³-hybridized carbons (Fsp3) is 0.667. The van der Waals surface area contributed by atoms with Crippen molar-refractivity contribution in [2.45, 2.75) is 39.0 Å². The molecule has 0 atom stereocenters. The second-order valence-corrected chi connectivity index (χ2v) is 4.54. The van der Waals surface area contributed by atoms with Crippen molar-refractivity contribution < 1.29 is 4.79 Å². The van der Waals surface area contributed by atoms with Crippen molar-refractivity contribution >= 4 is 5.78 Å². The fourth-order valence-corrected chi connectivity index (χ4v) is 2.60. The average Bonchev–Trinajstić information content (AvgIpc) is 2.86. The molecule has 1 aromatic heterocycles. The summed E-state index contributed by atoms with van der Waals surface area (Å²) in [5.74, 6) is 0.253. The molecule has 82 valence electrons. The Labute approximate surface area is 90.5 Å². The molecular weight excluding hydrogens is 188 g/mol. The number of hydrogen-bond acceptors (Lipinski definition) is 2. The number of aromatic nitrogens is 2. The number of nitrogens with zero attached hydrogens (tertiary/aromatic N) is 2. The molecular formula is C12H18N2O. The van der Waals surface area contributed by atoms with Gasteiger partial charge in [0.15, 0.2) is 5.78 Å². The minimum Gasteiger partial charge on any atom is -0.292 e. The topological polar surface area (TPSA) is 34.9 Å². The van der Waals surface area contributed by atoms with Crippen LogP contribution in [0.5, 0.6) is 0 Å². The van der Waals surface area contributed by atoms with E-state index in [0.717, 1.165) is 19.3 Å². The summed E-state index contributed by atoms with van der Waals surface area (Å²) in [4.78, 5) is 12.3. The van der Waals surface area contributed by atoms with Crippen LogP contribution in [0.2, 0.25) is 0 Å². The van der Waals surface area contributed by atoms with Crippen molar-refractivity contribution in [1.29, 1.82) is 0 Å². The van der Waals surface area contributed by atoms with Gasteiger partial charge in [0, 0.05) is 18.7 Å². The van der Waals surface area contributed by atoms with Gasteiger partial charge in [-0.1, -0.05) is 19.8 Å². The number of carbonyl (C=O) groups excluding carboxylic acids is 1. The monoisotopic (exact) mass is 206 g/mol. The first-order chi connectivity index (χ1) is 7.18. The predicted molar refractivity (Wildman–Crippen MR) is 58.7 cm³/mol. The summed E-state index contributed by atoms with van der Waals surface area (Å²) in [5.41, 5.74) is 0.537. The first-order valence-electron chi connectivity index (χ1n) is 5.72. The number of carbonyl (C=O) groups is 1. The van der Waals surface area contributed by atoms with Gasteiger partial charge in [0.1, 0.15) is 5.69 Å². The maximum absolute atomic E-state index is 12.3. The normalized spacial score (nSPS) is 19.3. The number of ketones is 1. The van der Waals surface area contributed by atoms with Crippen molar-refractivity contribution in [3.05, 3.63) is 18.0 Å². The Morgan fingerprint density at radius 2 is 2.20 bits per heavy atom. The first kappa shape index (κ1) is 10.4. The summed E-state index contributed by atoms with van der Waals surface area (Å²) in [5, 5.41) is 4.22. The van der Waals surface area contributed by atoms with Crippen LogP contribution in [-0.2, 0) is 7.05 Å². The van der Waals surface area contributed by atoms with E-state index in [4.69, 9.17) is 0 Å². The van der Waals surface area contributed by atoms with Crippen LogP contribution < -0.4 is 0 Å². The molecule has 0 spiro atoms. The Morgan fingerprint density at radius 3 is 2.67 bits per heavy atom. The molecule has 2 rings (SSSR count). The molecule has 1 aliphatic rings. The standard InChI is InChI=1S/C12H18N2O/c1-3-12(7-4-5-8-12)11(15)10-6-9-14(2)13-10/h6,9H,3-5,7-8H2,1-2H3. The molecule has 3 nitrogen and oxygen atoms in total. The van der Waals surface area contributed by atoms with E-state index in [1.54, 1.807) is 4.68 Å². The lowest BCUT2D eigenvalue weighted by Gasteiger charge is -2.24. The van der Waals surface area contributed by atoms with Crippen molar-refractivity contribution in [2.24, 2.45) is 12.5 Å². The average molecular weight is 206 g/mol. The Morgan fingerprint density at radius 1 is 1.53 bits per heavy atom. The van der Waals surface area contributed by atoms with Crippen LogP contribution in [0.15, 0.2) is 12.3 Å². The van der Waals surface area contributed by atoms with Crippen LogP contribution in [0.4, 0.5) is 0 Å². The summed E-state index contributed by atoms with van der Waals surface area (Å²) >= 11 is 0. The second kappa shape index (κ2) is 3.80. The zero-order chi connectivity index (χ0) is 10.9. The minimum absolute atomic E-state index is 0.103. The van der Waals surface area contributed by atoms with Gasteiger partial charge in [-0.3, -0.25) is 9.48 Å². The Kier molecular flexibility index (Phi) is 2.63. The molecule has 15 heavy (non-hydrogen) atoms. The molecule has 1 aliphatic carbocycles. The maximum atomic E-state index is 12.3. The molecule has 3 heteroatoms. The van der Waals surface area contributed by atoms with E-state index in [0.29, 0.717) is 5.69 Å². The lowest BCUT2D eigenvalue weighted by Crippen LogP contribution is -2.27. The highest BCUT2D eigenvalue weighted by molar-refractivity contribution is 5.99. The summed E-state index contributed by atoms with van der Waals surface area (Å²) in [6.07, 6.45) is 7.24. The minimum atomic E-state index is -0.103. The lowest BCUT2D eigenvalue weighted by molar-refractivity contribution is 0.0785. The van der Waals surface area contributed by atoms with E-state index in [-0.39, 0.29) is 11.2 Å². The molecule has 0 aromatic carbocycles. The molecule has 0 radical (unpaired) electrons. The Hall–Kier alpha value is -1.12. The number of rotatable bonds is 3. The third-order valence-corrected chi connectivity index (χ3v) is 3.67.